The summed E-state index contributed by atoms with van der Waals surface area (Å²) in [5, 5.41) is 36.2. The maximum absolute atomic E-state index is 14.5. The monoisotopic (exact) mass is 939 g/mol. The van der Waals surface area contributed by atoms with Crippen LogP contribution >= 0.6 is 11.3 Å². The van der Waals surface area contributed by atoms with E-state index in [1.165, 1.54) is 4.90 Å². The zero-order valence-electron chi connectivity index (χ0n) is 39.1. The Morgan fingerprint density at radius 3 is 2.21 bits per heavy atom. The van der Waals surface area contributed by atoms with E-state index in [1.54, 1.807) is 23.5 Å². The zero-order chi connectivity index (χ0) is 47.5. The fourth-order valence-electron chi connectivity index (χ4n) is 11.1. The van der Waals surface area contributed by atoms with Gasteiger partial charge in [-0.3, -0.25) is 14.4 Å². The van der Waals surface area contributed by atoms with Crippen molar-refractivity contribution in [1.29, 1.82) is 0 Å². The summed E-state index contributed by atoms with van der Waals surface area (Å²) in [5.74, 6) is 0.356. The number of aromatic nitrogens is 5. The standard InChI is InChI=1S/C51H61N11O5S/c1-29-43(68-28-55-29)31-13-15-34(16-14-31)51(19-20-51)57-47(66)41-21-37(63)27-61(41)48(67)44(50(2,3)4)56-46(65)32-11-9-30(10-12-32)33-23-53-49(54-24-33)62-35-17-18-36(62)26-60(25-35)40-22-39(58-59-45(40)52)38-7-5-6-8-42(38)64/h5-8,13-16,22-24,28,30,32,35-37,41,44,63-64H,9-12,17-21,25-27H2,1-4H3,(H2,52,59)(H,56,65)(H,57,66)/t30-,32-,35?,36?,37-,41+,44-/m1/s1. The lowest BCUT2D eigenvalue weighted by Gasteiger charge is -2.42. The first kappa shape index (κ1) is 45.6. The van der Waals surface area contributed by atoms with Crippen molar-refractivity contribution in [3.8, 4) is 27.4 Å². The number of aromatic hydroxyl groups is 1. The number of thiazole rings is 1. The first-order valence-corrected chi connectivity index (χ1v) is 24.9. The Balaban J connectivity index is 0.740. The number of nitrogens with one attached hydrogen (secondary N) is 2. The predicted octanol–water partition coefficient (Wildman–Crippen LogP) is 6.08. The maximum atomic E-state index is 14.5. The van der Waals surface area contributed by atoms with Gasteiger partial charge in [-0.05, 0) is 105 Å². The molecule has 68 heavy (non-hydrogen) atoms. The van der Waals surface area contributed by atoms with Crippen LogP contribution in [0.4, 0.5) is 17.5 Å². The van der Waals surface area contributed by atoms with Crippen LogP contribution in [0.15, 0.2) is 72.5 Å². The highest BCUT2D eigenvalue weighted by Crippen LogP contribution is 2.47. The number of likely N-dealkylation sites (tertiary alicyclic amines) is 1. The number of rotatable bonds is 11. The number of aliphatic hydroxyl groups excluding tert-OH is 1. The van der Waals surface area contributed by atoms with Crippen molar-refractivity contribution < 1.29 is 24.6 Å². The summed E-state index contributed by atoms with van der Waals surface area (Å²) in [6.45, 7) is 9.24. The molecule has 356 valence electrons. The number of amides is 3. The lowest BCUT2D eigenvalue weighted by atomic mass is 9.78. The van der Waals surface area contributed by atoms with Gasteiger partial charge in [0.2, 0.25) is 23.7 Å². The lowest BCUT2D eigenvalue weighted by molar-refractivity contribution is -0.145. The average Bonchev–Trinajstić information content (AvgIpc) is 3.66. The second-order valence-electron chi connectivity index (χ2n) is 20.7. The van der Waals surface area contributed by atoms with Crippen molar-refractivity contribution >= 4 is 46.5 Å². The fourth-order valence-corrected chi connectivity index (χ4v) is 11.9. The number of anilines is 3. The quantitative estimate of drug-likeness (QED) is 0.102. The molecule has 2 aromatic carbocycles. The summed E-state index contributed by atoms with van der Waals surface area (Å²) in [6.07, 6.45) is 9.67. The molecule has 5 fully saturated rings. The number of nitrogens with zero attached hydrogens (tertiary/aromatic N) is 8. The predicted molar refractivity (Wildman–Crippen MR) is 261 cm³/mol. The van der Waals surface area contributed by atoms with Crippen LogP contribution in [-0.4, -0.2) is 108 Å². The van der Waals surface area contributed by atoms with Gasteiger partial charge in [-0.15, -0.1) is 21.5 Å². The Bertz CT molecular complexity index is 2660. The molecule has 0 spiro atoms. The Kier molecular flexibility index (Phi) is 12.1. The van der Waals surface area contributed by atoms with Gasteiger partial charge >= 0.3 is 0 Å². The van der Waals surface area contributed by atoms with Gasteiger partial charge in [0.1, 0.15) is 17.8 Å². The summed E-state index contributed by atoms with van der Waals surface area (Å²) in [6, 6.07) is 15.9. The zero-order valence-corrected chi connectivity index (χ0v) is 40.0. The van der Waals surface area contributed by atoms with E-state index in [-0.39, 0.29) is 60.4 Å². The molecular formula is C51H61N11O5S. The molecule has 3 saturated heterocycles. The summed E-state index contributed by atoms with van der Waals surface area (Å²) in [5.41, 5.74) is 13.2. The minimum atomic E-state index is -0.885. The number of para-hydroxylation sites is 1. The number of piperazine rings is 1. The van der Waals surface area contributed by atoms with Crippen molar-refractivity contribution in [2.75, 3.05) is 35.2 Å². The normalized spacial score (nSPS) is 24.7. The molecule has 16 nitrogen and oxygen atoms in total. The molecule has 2 saturated carbocycles. The smallest absolute Gasteiger partial charge is 0.246 e. The molecule has 6 N–H and O–H groups in total. The van der Waals surface area contributed by atoms with Crippen molar-refractivity contribution in [2.45, 2.75) is 127 Å². The number of phenols is 1. The number of aryl methyl sites for hydroxylation is 1. The molecule has 2 unspecified atom stereocenters. The Hall–Kier alpha value is -6.20. The van der Waals surface area contributed by atoms with E-state index < -0.39 is 29.1 Å². The Morgan fingerprint density at radius 1 is 0.882 bits per heavy atom. The van der Waals surface area contributed by atoms with Crippen LogP contribution in [0.25, 0.3) is 21.7 Å². The fraction of sp³-hybridized carbons (Fsp3) is 0.490. The number of hydrogen-bond donors (Lipinski definition) is 5. The van der Waals surface area contributed by atoms with E-state index in [0.717, 1.165) is 84.6 Å². The Labute approximate surface area is 400 Å². The number of benzene rings is 2. The van der Waals surface area contributed by atoms with Crippen LogP contribution in [0.1, 0.15) is 101 Å². The third kappa shape index (κ3) is 8.86. The second kappa shape index (κ2) is 18.0. The van der Waals surface area contributed by atoms with Gasteiger partial charge in [0.05, 0.1) is 39.1 Å². The molecule has 17 heteroatoms. The van der Waals surface area contributed by atoms with Crippen LogP contribution < -0.4 is 26.2 Å². The van der Waals surface area contributed by atoms with E-state index in [9.17, 15) is 24.6 Å². The molecule has 5 aliphatic rings. The number of carbonyl (C=O) groups excluding carboxylic acids is 3. The summed E-state index contributed by atoms with van der Waals surface area (Å²) in [4.78, 5) is 63.9. The van der Waals surface area contributed by atoms with Crippen LogP contribution in [0.2, 0.25) is 0 Å². The molecule has 3 aliphatic heterocycles. The number of β-amino-alcohol motifs (C(OH)–C–C–N with tert-alkyl or cyclic N) is 1. The summed E-state index contributed by atoms with van der Waals surface area (Å²) in [7, 11) is 0. The van der Waals surface area contributed by atoms with Gasteiger partial charge in [-0.2, -0.15) is 0 Å². The number of fused-ring (bicyclic) bond motifs is 2. The first-order valence-electron chi connectivity index (χ1n) is 24.0. The molecule has 2 bridgehead atoms. The maximum Gasteiger partial charge on any atom is 0.246 e. The molecule has 6 heterocycles. The molecular weight excluding hydrogens is 879 g/mol. The second-order valence-corrected chi connectivity index (χ2v) is 21.6. The van der Waals surface area contributed by atoms with E-state index in [2.05, 4.69) is 59.9 Å². The third-order valence-corrected chi connectivity index (χ3v) is 16.1. The number of carbonyl (C=O) groups is 3. The average molecular weight is 940 g/mol. The molecule has 5 aromatic rings. The van der Waals surface area contributed by atoms with Crippen molar-refractivity contribution in [3.05, 3.63) is 89.3 Å². The molecule has 3 aromatic heterocycles. The van der Waals surface area contributed by atoms with Gasteiger partial charge in [0, 0.05) is 62.0 Å². The first-order chi connectivity index (χ1) is 32.7. The largest absolute Gasteiger partial charge is 0.507 e. The molecule has 3 amide bonds. The molecule has 2 aliphatic carbocycles. The van der Waals surface area contributed by atoms with E-state index in [4.69, 9.17) is 15.7 Å². The topological polar surface area (TPSA) is 216 Å². The third-order valence-electron chi connectivity index (χ3n) is 15.1. The van der Waals surface area contributed by atoms with Gasteiger partial charge in [-0.1, -0.05) is 57.2 Å². The minimum absolute atomic E-state index is 0.0277. The van der Waals surface area contributed by atoms with Crippen LogP contribution in [-0.2, 0) is 19.9 Å². The van der Waals surface area contributed by atoms with Gasteiger partial charge in [0.25, 0.3) is 0 Å². The van der Waals surface area contributed by atoms with Gasteiger partial charge in [0.15, 0.2) is 5.82 Å². The SMILES string of the molecule is Cc1ncsc1-c1ccc(C2(NC(=O)[C@@H]3C[C@@H](O)CN3C(=O)[C@@H](NC(=O)[C@H]3CC[C@H](c4cnc(N5C6CCC5CN(c5cc(-c7ccccc7O)nnc5N)C6)nc4)CC3)C(C)(C)C)CC2)cc1. The lowest BCUT2D eigenvalue weighted by Crippen LogP contribution is -2.59. The number of phenolic OH excluding ortho intramolecular Hbond substituents is 1. The highest BCUT2D eigenvalue weighted by molar-refractivity contribution is 7.13. The van der Waals surface area contributed by atoms with Crippen molar-refractivity contribution in [1.82, 2.24) is 40.7 Å². The summed E-state index contributed by atoms with van der Waals surface area (Å²) < 4.78 is 0. The summed E-state index contributed by atoms with van der Waals surface area (Å²) >= 11 is 1.60. The van der Waals surface area contributed by atoms with Crippen LogP contribution in [0.3, 0.4) is 0 Å². The Morgan fingerprint density at radius 2 is 1.57 bits per heavy atom. The highest BCUT2D eigenvalue weighted by atomic mass is 32.1. The van der Waals surface area contributed by atoms with Gasteiger partial charge < -0.3 is 41.3 Å². The van der Waals surface area contributed by atoms with Crippen molar-refractivity contribution in [3.63, 3.8) is 0 Å². The number of nitrogens with two attached hydrogens (primary N) is 1. The molecule has 5 atom stereocenters. The van der Waals surface area contributed by atoms with E-state index >= 15 is 0 Å². The van der Waals surface area contributed by atoms with E-state index in [1.807, 2.05) is 63.8 Å². The van der Waals surface area contributed by atoms with Crippen LogP contribution in [0.5, 0.6) is 5.75 Å². The number of aliphatic hydroxyl groups is 1. The van der Waals surface area contributed by atoms with Gasteiger partial charge in [-0.25, -0.2) is 15.0 Å². The molecule has 10 rings (SSSR count). The minimum Gasteiger partial charge on any atom is -0.507 e. The van der Waals surface area contributed by atoms with E-state index in [0.29, 0.717) is 35.9 Å². The van der Waals surface area contributed by atoms with Crippen molar-refractivity contribution in [2.24, 2.45) is 11.3 Å². The number of nitrogen functional groups attached to an aromatic ring is 1. The highest BCUT2D eigenvalue weighted by Gasteiger charge is 2.50. The number of hydrogen-bond acceptors (Lipinski definition) is 14. The van der Waals surface area contributed by atoms with Crippen LogP contribution in [0, 0.1) is 18.3 Å². The molecule has 0 radical (unpaired) electrons.